The van der Waals surface area contributed by atoms with Crippen LogP contribution in [0.25, 0.3) is 0 Å². The lowest BCUT2D eigenvalue weighted by atomic mass is 10.2. The van der Waals surface area contributed by atoms with Crippen molar-refractivity contribution in [2.24, 2.45) is 5.73 Å². The maximum atomic E-state index is 12.7. The van der Waals surface area contributed by atoms with E-state index < -0.39 is 10.0 Å². The summed E-state index contributed by atoms with van der Waals surface area (Å²) in [5.41, 5.74) is 7.01. The van der Waals surface area contributed by atoms with E-state index in [1.165, 1.54) is 36.4 Å². The molecule has 0 saturated heterocycles. The Hall–Kier alpha value is -1.76. The van der Waals surface area contributed by atoms with Gasteiger partial charge in [-0.1, -0.05) is 24.3 Å². The molecule has 0 fully saturated rings. The summed E-state index contributed by atoms with van der Waals surface area (Å²) in [6.07, 6.45) is 0. The van der Waals surface area contributed by atoms with E-state index in [0.29, 0.717) is 12.1 Å². The highest BCUT2D eigenvalue weighted by Crippen LogP contribution is 2.11. The smallest absolute Gasteiger partial charge is 0.240 e. The minimum Gasteiger partial charge on any atom is -0.326 e. The topological polar surface area (TPSA) is 72.2 Å². The van der Waals surface area contributed by atoms with Crippen molar-refractivity contribution >= 4 is 10.0 Å². The minimum absolute atomic E-state index is 0.112. The number of sulfonamides is 1. The van der Waals surface area contributed by atoms with Crippen LogP contribution in [0.4, 0.5) is 4.39 Å². The van der Waals surface area contributed by atoms with Gasteiger partial charge in [-0.15, -0.1) is 0 Å². The number of benzene rings is 2. The van der Waals surface area contributed by atoms with Crippen molar-refractivity contribution in [3.63, 3.8) is 0 Å². The Kier molecular flexibility index (Phi) is 4.49. The second-order valence-electron chi connectivity index (χ2n) is 4.30. The molecule has 3 N–H and O–H groups in total. The Morgan fingerprint density at radius 1 is 0.950 bits per heavy atom. The van der Waals surface area contributed by atoms with Gasteiger partial charge in [-0.3, -0.25) is 0 Å². The van der Waals surface area contributed by atoms with E-state index in [0.717, 1.165) is 5.56 Å². The summed E-state index contributed by atoms with van der Waals surface area (Å²) in [6.45, 7) is 0.477. The van der Waals surface area contributed by atoms with Crippen LogP contribution in [0.2, 0.25) is 0 Å². The summed E-state index contributed by atoms with van der Waals surface area (Å²) < 4.78 is 39.3. The van der Waals surface area contributed by atoms with Crippen molar-refractivity contribution < 1.29 is 12.8 Å². The van der Waals surface area contributed by atoms with Crippen LogP contribution in [0, 0.1) is 5.82 Å². The first-order chi connectivity index (χ1) is 9.51. The fraction of sp³-hybridized carbons (Fsp3) is 0.143. The van der Waals surface area contributed by atoms with E-state index in [-0.39, 0.29) is 17.3 Å². The number of halogens is 1. The van der Waals surface area contributed by atoms with Gasteiger partial charge in [-0.05, 0) is 35.4 Å². The molecule has 0 atom stereocenters. The van der Waals surface area contributed by atoms with Crippen molar-refractivity contribution in [2.45, 2.75) is 18.0 Å². The third-order valence-corrected chi connectivity index (χ3v) is 4.27. The van der Waals surface area contributed by atoms with Gasteiger partial charge in [0.25, 0.3) is 0 Å². The number of rotatable bonds is 5. The first-order valence-electron chi connectivity index (χ1n) is 6.04. The van der Waals surface area contributed by atoms with Gasteiger partial charge in [0.2, 0.25) is 10.0 Å². The van der Waals surface area contributed by atoms with Crippen molar-refractivity contribution in [1.82, 2.24) is 4.72 Å². The zero-order valence-electron chi connectivity index (χ0n) is 10.7. The SMILES string of the molecule is NCc1ccc(S(=O)(=O)NCc2ccc(F)cc2)cc1. The van der Waals surface area contributed by atoms with E-state index in [1.807, 2.05) is 0 Å². The monoisotopic (exact) mass is 294 g/mol. The first kappa shape index (κ1) is 14.6. The molecular weight excluding hydrogens is 279 g/mol. The molecule has 0 aliphatic heterocycles. The van der Waals surface area contributed by atoms with Gasteiger partial charge in [0.05, 0.1) is 4.90 Å². The fourth-order valence-corrected chi connectivity index (χ4v) is 2.69. The zero-order chi connectivity index (χ0) is 14.6. The largest absolute Gasteiger partial charge is 0.326 e. The van der Waals surface area contributed by atoms with Gasteiger partial charge in [0, 0.05) is 13.1 Å². The highest BCUT2D eigenvalue weighted by Gasteiger charge is 2.13. The fourth-order valence-electron chi connectivity index (χ4n) is 1.67. The molecule has 6 heteroatoms. The average Bonchev–Trinajstić information content (AvgIpc) is 2.47. The normalized spacial score (nSPS) is 11.5. The molecular formula is C14H15FN2O2S. The van der Waals surface area contributed by atoms with Crippen LogP contribution in [0.3, 0.4) is 0 Å². The van der Waals surface area contributed by atoms with Crippen LogP contribution in [-0.4, -0.2) is 8.42 Å². The average molecular weight is 294 g/mol. The Morgan fingerprint density at radius 2 is 1.50 bits per heavy atom. The van der Waals surface area contributed by atoms with E-state index >= 15 is 0 Å². The summed E-state index contributed by atoms with van der Waals surface area (Å²) in [6, 6.07) is 12.0. The van der Waals surface area contributed by atoms with Gasteiger partial charge in [-0.2, -0.15) is 0 Å². The van der Waals surface area contributed by atoms with Gasteiger partial charge in [0.15, 0.2) is 0 Å². The zero-order valence-corrected chi connectivity index (χ0v) is 11.5. The highest BCUT2D eigenvalue weighted by atomic mass is 32.2. The third-order valence-electron chi connectivity index (χ3n) is 2.85. The van der Waals surface area contributed by atoms with Crippen molar-refractivity contribution in [3.8, 4) is 0 Å². The van der Waals surface area contributed by atoms with Crippen LogP contribution in [0.15, 0.2) is 53.4 Å². The van der Waals surface area contributed by atoms with Gasteiger partial charge >= 0.3 is 0 Å². The summed E-state index contributed by atoms with van der Waals surface area (Å²) in [5.74, 6) is -0.353. The molecule has 0 aliphatic rings. The molecule has 4 nitrogen and oxygen atoms in total. The van der Waals surface area contributed by atoms with Crippen LogP contribution in [0.5, 0.6) is 0 Å². The first-order valence-corrected chi connectivity index (χ1v) is 7.53. The maximum Gasteiger partial charge on any atom is 0.240 e. The lowest BCUT2D eigenvalue weighted by molar-refractivity contribution is 0.581. The van der Waals surface area contributed by atoms with Crippen LogP contribution < -0.4 is 10.5 Å². The van der Waals surface area contributed by atoms with Crippen molar-refractivity contribution in [3.05, 3.63) is 65.5 Å². The molecule has 0 unspecified atom stereocenters. The minimum atomic E-state index is -3.58. The van der Waals surface area contributed by atoms with E-state index in [2.05, 4.69) is 4.72 Å². The van der Waals surface area contributed by atoms with Gasteiger partial charge in [-0.25, -0.2) is 17.5 Å². The number of nitrogens with one attached hydrogen (secondary N) is 1. The molecule has 20 heavy (non-hydrogen) atoms. The molecule has 0 radical (unpaired) electrons. The molecule has 0 aromatic heterocycles. The molecule has 0 amide bonds. The summed E-state index contributed by atoms with van der Waals surface area (Å²) >= 11 is 0. The second kappa shape index (κ2) is 6.13. The molecule has 2 aromatic rings. The van der Waals surface area contributed by atoms with E-state index in [1.54, 1.807) is 12.1 Å². The van der Waals surface area contributed by atoms with E-state index in [4.69, 9.17) is 5.73 Å². The lowest BCUT2D eigenvalue weighted by Crippen LogP contribution is -2.23. The molecule has 2 aromatic carbocycles. The lowest BCUT2D eigenvalue weighted by Gasteiger charge is -2.07. The molecule has 0 spiro atoms. The Morgan fingerprint density at radius 3 is 2.05 bits per heavy atom. The van der Waals surface area contributed by atoms with Crippen molar-refractivity contribution in [2.75, 3.05) is 0 Å². The summed E-state index contributed by atoms with van der Waals surface area (Å²) in [4.78, 5) is 0.178. The highest BCUT2D eigenvalue weighted by molar-refractivity contribution is 7.89. The Bertz CT molecular complexity index is 667. The predicted molar refractivity (Wildman–Crippen MR) is 74.8 cm³/mol. The number of hydrogen-bond acceptors (Lipinski definition) is 3. The van der Waals surface area contributed by atoms with Crippen molar-refractivity contribution in [1.29, 1.82) is 0 Å². The maximum absolute atomic E-state index is 12.7. The van der Waals surface area contributed by atoms with Gasteiger partial charge in [0.1, 0.15) is 5.82 Å². The molecule has 0 saturated carbocycles. The third kappa shape index (κ3) is 3.63. The van der Waals surface area contributed by atoms with Crippen LogP contribution >= 0.6 is 0 Å². The predicted octanol–water partition coefficient (Wildman–Crippen LogP) is 1.76. The van der Waals surface area contributed by atoms with Gasteiger partial charge < -0.3 is 5.73 Å². The van der Waals surface area contributed by atoms with Crippen LogP contribution in [0.1, 0.15) is 11.1 Å². The summed E-state index contributed by atoms with van der Waals surface area (Å²) in [5, 5.41) is 0. The summed E-state index contributed by atoms with van der Waals surface area (Å²) in [7, 11) is -3.58. The Balaban J connectivity index is 2.08. The second-order valence-corrected chi connectivity index (χ2v) is 6.07. The number of nitrogens with two attached hydrogens (primary N) is 1. The molecule has 106 valence electrons. The molecule has 2 rings (SSSR count). The quantitative estimate of drug-likeness (QED) is 0.882. The molecule has 0 heterocycles. The standard InChI is InChI=1S/C14H15FN2O2S/c15-13-5-1-12(2-6-13)10-17-20(18,19)14-7-3-11(9-16)4-8-14/h1-8,17H,9-10,16H2. The van der Waals surface area contributed by atoms with E-state index in [9.17, 15) is 12.8 Å². The number of hydrogen-bond donors (Lipinski definition) is 2. The van der Waals surface area contributed by atoms with Crippen LogP contribution in [-0.2, 0) is 23.1 Å². The Labute approximate surface area is 117 Å². The molecule has 0 bridgehead atoms. The molecule has 0 aliphatic carbocycles.